The first-order valence-electron chi connectivity index (χ1n) is 10.5. The Balaban J connectivity index is 3.31. The van der Waals surface area contributed by atoms with Crippen molar-refractivity contribution in [2.45, 2.75) is 78.6 Å². The molecule has 0 spiro atoms. The Morgan fingerprint density at radius 2 is 1.56 bits per heavy atom. The summed E-state index contributed by atoms with van der Waals surface area (Å²) in [7, 11) is 1.45. The molecule has 9 nitrogen and oxygen atoms in total. The van der Waals surface area contributed by atoms with Crippen molar-refractivity contribution in [3.8, 4) is 0 Å². The summed E-state index contributed by atoms with van der Waals surface area (Å²) in [5.41, 5.74) is 6.99. The first-order chi connectivity index (χ1) is 14.6. The molecule has 2 unspecified atom stereocenters. The first-order valence-corrected chi connectivity index (χ1v) is 10.5. The number of hydrogen-bond donors (Lipinski definition) is 3. The monoisotopic (exact) mass is 448 g/mol. The van der Waals surface area contributed by atoms with Crippen LogP contribution < -0.4 is 16.4 Å². The minimum Gasteiger partial charge on any atom is -0.444 e. The molecule has 9 heteroatoms. The molecule has 0 aromatic heterocycles. The Morgan fingerprint density at radius 1 is 1.03 bits per heavy atom. The maximum absolute atomic E-state index is 13.3. The molecular formula is C23H36N4O5. The number of likely N-dealkylation sites (N-methyl/N-ethyl adjacent to an activating group) is 1. The molecule has 0 fully saturated rings. The van der Waals surface area contributed by atoms with Gasteiger partial charge in [0, 0.05) is 13.1 Å². The molecule has 4 amide bonds. The highest BCUT2D eigenvalue weighted by molar-refractivity contribution is 5.94. The van der Waals surface area contributed by atoms with E-state index in [1.54, 1.807) is 20.8 Å². The molecule has 1 aromatic rings. The van der Waals surface area contributed by atoms with Gasteiger partial charge in [-0.05, 0) is 54.0 Å². The summed E-state index contributed by atoms with van der Waals surface area (Å²) in [4.78, 5) is 51.5. The van der Waals surface area contributed by atoms with Gasteiger partial charge in [-0.3, -0.25) is 14.4 Å². The Hall–Kier alpha value is -3.10. The SMILES string of the molecule is Cc1cc(C)cc(C(C(=O)NC(C)C)N(C)C(=O)C(CC(N)=O)NC(=O)OC(C)(C)C)c1. The number of rotatable bonds is 8. The Morgan fingerprint density at radius 3 is 2.00 bits per heavy atom. The van der Waals surface area contributed by atoms with Gasteiger partial charge in [0.25, 0.3) is 0 Å². The van der Waals surface area contributed by atoms with E-state index in [4.69, 9.17) is 10.5 Å². The van der Waals surface area contributed by atoms with Crippen molar-refractivity contribution in [1.82, 2.24) is 15.5 Å². The summed E-state index contributed by atoms with van der Waals surface area (Å²) in [5, 5.41) is 5.24. The number of carbonyl (C=O) groups is 4. The van der Waals surface area contributed by atoms with Crippen molar-refractivity contribution in [3.05, 3.63) is 34.9 Å². The number of hydrogen-bond acceptors (Lipinski definition) is 5. The molecule has 0 aliphatic heterocycles. The van der Waals surface area contributed by atoms with Gasteiger partial charge in [0.2, 0.25) is 17.7 Å². The molecular weight excluding hydrogens is 412 g/mol. The Bertz CT molecular complexity index is 840. The average Bonchev–Trinajstić information content (AvgIpc) is 2.56. The van der Waals surface area contributed by atoms with Gasteiger partial charge in [0.1, 0.15) is 17.7 Å². The third-order valence-corrected chi connectivity index (χ3v) is 4.37. The van der Waals surface area contributed by atoms with E-state index in [1.807, 2.05) is 45.9 Å². The van der Waals surface area contributed by atoms with Crippen LogP contribution in [0.25, 0.3) is 0 Å². The zero-order valence-electron chi connectivity index (χ0n) is 20.2. The summed E-state index contributed by atoms with van der Waals surface area (Å²) in [6, 6.07) is 3.20. The van der Waals surface area contributed by atoms with E-state index in [2.05, 4.69) is 10.6 Å². The maximum Gasteiger partial charge on any atom is 0.408 e. The van der Waals surface area contributed by atoms with E-state index in [1.165, 1.54) is 11.9 Å². The molecule has 0 saturated heterocycles. The molecule has 32 heavy (non-hydrogen) atoms. The van der Waals surface area contributed by atoms with Crippen LogP contribution in [0.4, 0.5) is 4.79 Å². The normalized spacial score (nSPS) is 13.2. The minimum absolute atomic E-state index is 0.152. The third-order valence-electron chi connectivity index (χ3n) is 4.37. The number of carbonyl (C=O) groups excluding carboxylic acids is 4. The molecule has 0 bridgehead atoms. The van der Waals surface area contributed by atoms with Crippen molar-refractivity contribution in [2.24, 2.45) is 5.73 Å². The van der Waals surface area contributed by atoms with Crippen molar-refractivity contribution in [1.29, 1.82) is 0 Å². The number of nitrogens with one attached hydrogen (secondary N) is 2. The fourth-order valence-electron chi connectivity index (χ4n) is 3.31. The number of amides is 4. The fourth-order valence-corrected chi connectivity index (χ4v) is 3.31. The lowest BCUT2D eigenvalue weighted by Gasteiger charge is -2.32. The van der Waals surface area contributed by atoms with Crippen LogP contribution in [0.5, 0.6) is 0 Å². The lowest BCUT2D eigenvalue weighted by molar-refractivity contribution is -0.141. The minimum atomic E-state index is -1.28. The number of nitrogens with two attached hydrogens (primary N) is 1. The smallest absolute Gasteiger partial charge is 0.408 e. The Kier molecular flexibility index (Phi) is 9.23. The van der Waals surface area contributed by atoms with Gasteiger partial charge in [-0.25, -0.2) is 4.79 Å². The van der Waals surface area contributed by atoms with E-state index in [9.17, 15) is 19.2 Å². The van der Waals surface area contributed by atoms with Gasteiger partial charge in [-0.15, -0.1) is 0 Å². The molecule has 0 saturated carbocycles. The number of alkyl carbamates (subject to hydrolysis) is 1. The fraction of sp³-hybridized carbons (Fsp3) is 0.565. The van der Waals surface area contributed by atoms with Crippen LogP contribution >= 0.6 is 0 Å². The number of nitrogens with zero attached hydrogens (tertiary/aromatic N) is 1. The number of benzene rings is 1. The predicted molar refractivity (Wildman–Crippen MR) is 122 cm³/mol. The zero-order chi connectivity index (χ0) is 24.8. The first kappa shape index (κ1) is 26.9. The molecule has 0 radical (unpaired) electrons. The molecule has 1 aromatic carbocycles. The average molecular weight is 449 g/mol. The summed E-state index contributed by atoms with van der Waals surface area (Å²) in [6.07, 6.45) is -1.30. The van der Waals surface area contributed by atoms with Crippen molar-refractivity contribution in [2.75, 3.05) is 7.05 Å². The van der Waals surface area contributed by atoms with E-state index in [0.717, 1.165) is 11.1 Å². The number of aryl methyl sites for hydroxylation is 2. The van der Waals surface area contributed by atoms with Gasteiger partial charge in [-0.2, -0.15) is 0 Å². The molecule has 178 valence electrons. The molecule has 0 aliphatic carbocycles. The van der Waals surface area contributed by atoms with Crippen molar-refractivity contribution >= 4 is 23.8 Å². The van der Waals surface area contributed by atoms with Gasteiger partial charge >= 0.3 is 6.09 Å². The Labute approximate surface area is 190 Å². The molecule has 2 atom stereocenters. The van der Waals surface area contributed by atoms with Crippen LogP contribution in [-0.4, -0.2) is 53.4 Å². The van der Waals surface area contributed by atoms with E-state index in [0.29, 0.717) is 5.56 Å². The van der Waals surface area contributed by atoms with Gasteiger partial charge in [0.05, 0.1) is 6.42 Å². The van der Waals surface area contributed by atoms with Crippen LogP contribution in [0, 0.1) is 13.8 Å². The quantitative estimate of drug-likeness (QED) is 0.560. The lowest BCUT2D eigenvalue weighted by atomic mass is 9.98. The van der Waals surface area contributed by atoms with E-state index >= 15 is 0 Å². The second-order valence-electron chi connectivity index (χ2n) is 9.31. The molecule has 0 aliphatic rings. The van der Waals surface area contributed by atoms with E-state index < -0.39 is 42.0 Å². The third kappa shape index (κ3) is 8.56. The lowest BCUT2D eigenvalue weighted by Crippen LogP contribution is -2.53. The highest BCUT2D eigenvalue weighted by Crippen LogP contribution is 2.24. The van der Waals surface area contributed by atoms with Crippen LogP contribution in [0.1, 0.15) is 63.8 Å². The predicted octanol–water partition coefficient (Wildman–Crippen LogP) is 2.10. The number of ether oxygens (including phenoxy) is 1. The van der Waals surface area contributed by atoms with Crippen LogP contribution in [0.3, 0.4) is 0 Å². The second kappa shape index (κ2) is 11.0. The second-order valence-corrected chi connectivity index (χ2v) is 9.31. The van der Waals surface area contributed by atoms with Crippen molar-refractivity contribution < 1.29 is 23.9 Å². The van der Waals surface area contributed by atoms with Crippen LogP contribution in [0.2, 0.25) is 0 Å². The highest BCUT2D eigenvalue weighted by Gasteiger charge is 2.35. The largest absolute Gasteiger partial charge is 0.444 e. The van der Waals surface area contributed by atoms with Crippen LogP contribution in [-0.2, 0) is 19.1 Å². The molecule has 4 N–H and O–H groups in total. The maximum atomic E-state index is 13.3. The molecule has 1 rings (SSSR count). The number of primary amides is 1. The summed E-state index contributed by atoms with van der Waals surface area (Å²) in [6.45, 7) is 12.5. The van der Waals surface area contributed by atoms with Crippen LogP contribution in [0.15, 0.2) is 18.2 Å². The van der Waals surface area contributed by atoms with Gasteiger partial charge in [-0.1, -0.05) is 29.3 Å². The standard InChI is InChI=1S/C23H36N4O5/c1-13(2)25-20(29)19(16-10-14(3)9-15(4)11-16)27(8)21(30)17(12-18(24)28)26-22(31)32-23(5,6)7/h9-11,13,17,19H,12H2,1-8H3,(H2,24,28)(H,25,29)(H,26,31). The summed E-state index contributed by atoms with van der Waals surface area (Å²) >= 11 is 0. The zero-order valence-corrected chi connectivity index (χ0v) is 20.2. The van der Waals surface area contributed by atoms with Gasteiger partial charge < -0.3 is 26.0 Å². The summed E-state index contributed by atoms with van der Waals surface area (Å²) < 4.78 is 5.20. The van der Waals surface area contributed by atoms with E-state index in [-0.39, 0.29) is 11.9 Å². The highest BCUT2D eigenvalue weighted by atomic mass is 16.6. The molecule has 0 heterocycles. The summed E-state index contributed by atoms with van der Waals surface area (Å²) in [5.74, 6) is -1.80. The van der Waals surface area contributed by atoms with Crippen molar-refractivity contribution in [3.63, 3.8) is 0 Å². The van der Waals surface area contributed by atoms with Gasteiger partial charge in [0.15, 0.2) is 0 Å². The topological polar surface area (TPSA) is 131 Å².